The number of rotatable bonds is 4. The second kappa shape index (κ2) is 7.45. The molecule has 3 rings (SSSR count). The molecule has 0 saturated heterocycles. The molecule has 0 spiro atoms. The van der Waals surface area contributed by atoms with Crippen LogP contribution < -0.4 is 10.1 Å². The second-order valence-electron chi connectivity index (χ2n) is 5.60. The maximum Gasteiger partial charge on any atom is 0.343 e. The third-order valence-electron chi connectivity index (χ3n) is 3.65. The maximum atomic E-state index is 12.1. The minimum atomic E-state index is -0.416. The molecule has 0 atom stereocenters. The minimum absolute atomic E-state index is 0.190. The predicted molar refractivity (Wildman–Crippen MR) is 97.0 cm³/mol. The fourth-order valence-corrected chi connectivity index (χ4v) is 2.25. The van der Waals surface area contributed by atoms with Gasteiger partial charge in [-0.15, -0.1) is 0 Å². The van der Waals surface area contributed by atoms with Gasteiger partial charge < -0.3 is 10.1 Å². The van der Waals surface area contributed by atoms with Gasteiger partial charge in [0.25, 0.3) is 5.91 Å². The van der Waals surface area contributed by atoms with Crippen LogP contribution in [0, 0.1) is 6.92 Å². The van der Waals surface area contributed by atoms with Crippen molar-refractivity contribution in [1.29, 1.82) is 0 Å². The molecular formula is C21H17NO3. The molecule has 0 aliphatic carbocycles. The third-order valence-corrected chi connectivity index (χ3v) is 3.65. The molecular weight excluding hydrogens is 314 g/mol. The van der Waals surface area contributed by atoms with Gasteiger partial charge in [0.05, 0.1) is 5.56 Å². The fraction of sp³-hybridized carbons (Fsp3) is 0.0476. The van der Waals surface area contributed by atoms with Crippen molar-refractivity contribution in [3.63, 3.8) is 0 Å². The summed E-state index contributed by atoms with van der Waals surface area (Å²) in [6.45, 7) is 1.96. The third kappa shape index (κ3) is 4.32. The van der Waals surface area contributed by atoms with E-state index in [4.69, 9.17) is 4.74 Å². The molecule has 1 N–H and O–H groups in total. The normalized spacial score (nSPS) is 10.1. The van der Waals surface area contributed by atoms with Gasteiger partial charge in [0.1, 0.15) is 5.75 Å². The molecule has 3 aromatic carbocycles. The van der Waals surface area contributed by atoms with Crippen molar-refractivity contribution in [2.24, 2.45) is 0 Å². The Kier molecular flexibility index (Phi) is 4.90. The molecule has 1 amide bonds. The number of esters is 1. The van der Waals surface area contributed by atoms with Gasteiger partial charge >= 0.3 is 5.97 Å². The summed E-state index contributed by atoms with van der Waals surface area (Å²) in [6, 6.07) is 22.8. The number of amides is 1. The molecule has 0 radical (unpaired) electrons. The molecule has 0 heterocycles. The average Bonchev–Trinajstić information content (AvgIpc) is 2.64. The summed E-state index contributed by atoms with van der Waals surface area (Å²) in [5.41, 5.74) is 2.78. The standard InChI is InChI=1S/C21H17NO3/c1-15-7-9-17(10-8-15)21(24)25-19-13-11-18(12-14-19)22-20(23)16-5-3-2-4-6-16/h2-14H,1H3,(H,22,23). The van der Waals surface area contributed by atoms with Gasteiger partial charge in [-0.05, 0) is 55.5 Å². The van der Waals surface area contributed by atoms with E-state index in [1.54, 1.807) is 48.5 Å². The van der Waals surface area contributed by atoms with Crippen molar-refractivity contribution in [3.8, 4) is 5.75 Å². The van der Waals surface area contributed by atoms with Crippen molar-refractivity contribution >= 4 is 17.6 Å². The molecule has 0 aliphatic heterocycles. The lowest BCUT2D eigenvalue weighted by molar-refractivity contribution is 0.0734. The Labute approximate surface area is 146 Å². The first-order valence-corrected chi connectivity index (χ1v) is 7.87. The van der Waals surface area contributed by atoms with Gasteiger partial charge in [0.15, 0.2) is 0 Å². The van der Waals surface area contributed by atoms with Gasteiger partial charge in [0.2, 0.25) is 0 Å². The number of benzene rings is 3. The zero-order valence-electron chi connectivity index (χ0n) is 13.7. The summed E-state index contributed by atoms with van der Waals surface area (Å²) < 4.78 is 5.33. The lowest BCUT2D eigenvalue weighted by Crippen LogP contribution is -2.12. The molecule has 0 saturated carbocycles. The van der Waals surface area contributed by atoms with E-state index in [1.807, 2.05) is 37.3 Å². The highest BCUT2D eigenvalue weighted by atomic mass is 16.5. The Balaban J connectivity index is 1.63. The Hall–Kier alpha value is -3.40. The number of nitrogens with one attached hydrogen (secondary N) is 1. The topological polar surface area (TPSA) is 55.4 Å². The summed E-state index contributed by atoms with van der Waals surface area (Å²) in [7, 11) is 0. The number of ether oxygens (including phenoxy) is 1. The number of carbonyl (C=O) groups excluding carboxylic acids is 2. The first-order valence-electron chi connectivity index (χ1n) is 7.87. The first-order chi connectivity index (χ1) is 12.1. The smallest absolute Gasteiger partial charge is 0.343 e. The number of anilines is 1. The zero-order valence-corrected chi connectivity index (χ0v) is 13.7. The number of hydrogen-bond donors (Lipinski definition) is 1. The summed E-state index contributed by atoms with van der Waals surface area (Å²) in [6.07, 6.45) is 0. The maximum absolute atomic E-state index is 12.1. The average molecular weight is 331 g/mol. The highest BCUT2D eigenvalue weighted by molar-refractivity contribution is 6.04. The summed E-state index contributed by atoms with van der Waals surface area (Å²) in [5, 5.41) is 2.80. The Bertz CT molecular complexity index is 869. The lowest BCUT2D eigenvalue weighted by Gasteiger charge is -2.07. The number of carbonyl (C=O) groups is 2. The van der Waals surface area contributed by atoms with Gasteiger partial charge in [0, 0.05) is 11.3 Å². The van der Waals surface area contributed by atoms with Gasteiger partial charge in [-0.25, -0.2) is 4.79 Å². The van der Waals surface area contributed by atoms with Crippen molar-refractivity contribution in [1.82, 2.24) is 0 Å². The molecule has 25 heavy (non-hydrogen) atoms. The Morgan fingerprint density at radius 3 is 2.04 bits per heavy atom. The molecule has 0 aliphatic rings. The molecule has 4 heteroatoms. The molecule has 0 unspecified atom stereocenters. The highest BCUT2D eigenvalue weighted by Crippen LogP contribution is 2.18. The van der Waals surface area contributed by atoms with Crippen LogP contribution in [0.3, 0.4) is 0 Å². The van der Waals surface area contributed by atoms with Crippen molar-refractivity contribution in [2.75, 3.05) is 5.32 Å². The largest absolute Gasteiger partial charge is 0.423 e. The summed E-state index contributed by atoms with van der Waals surface area (Å²) in [4.78, 5) is 24.2. The van der Waals surface area contributed by atoms with Gasteiger partial charge in [-0.2, -0.15) is 0 Å². The SMILES string of the molecule is Cc1ccc(C(=O)Oc2ccc(NC(=O)c3ccccc3)cc2)cc1. The second-order valence-corrected chi connectivity index (χ2v) is 5.60. The van der Waals surface area contributed by atoms with Crippen LogP contribution in [0.5, 0.6) is 5.75 Å². The van der Waals surface area contributed by atoms with Crippen LogP contribution in [-0.2, 0) is 0 Å². The van der Waals surface area contributed by atoms with Gasteiger partial charge in [-0.3, -0.25) is 4.79 Å². The van der Waals surface area contributed by atoms with Crippen molar-refractivity contribution in [2.45, 2.75) is 6.92 Å². The van der Waals surface area contributed by atoms with Crippen LogP contribution in [0.2, 0.25) is 0 Å². The van der Waals surface area contributed by atoms with Crippen LogP contribution in [0.25, 0.3) is 0 Å². The lowest BCUT2D eigenvalue weighted by atomic mass is 10.1. The van der Waals surface area contributed by atoms with E-state index >= 15 is 0 Å². The van der Waals surface area contributed by atoms with E-state index in [2.05, 4.69) is 5.32 Å². The monoisotopic (exact) mass is 331 g/mol. The quantitative estimate of drug-likeness (QED) is 0.567. The van der Waals surface area contributed by atoms with E-state index in [0.717, 1.165) is 5.56 Å². The first kappa shape index (κ1) is 16.5. The van der Waals surface area contributed by atoms with Crippen LogP contribution in [0.15, 0.2) is 78.9 Å². The predicted octanol–water partition coefficient (Wildman–Crippen LogP) is 4.47. The van der Waals surface area contributed by atoms with Crippen LogP contribution in [-0.4, -0.2) is 11.9 Å². The molecule has 124 valence electrons. The van der Waals surface area contributed by atoms with Crippen LogP contribution >= 0.6 is 0 Å². The summed E-state index contributed by atoms with van der Waals surface area (Å²) in [5.74, 6) is -0.186. The van der Waals surface area contributed by atoms with E-state index < -0.39 is 5.97 Å². The van der Waals surface area contributed by atoms with E-state index in [0.29, 0.717) is 22.6 Å². The molecule has 0 bridgehead atoms. The number of hydrogen-bond acceptors (Lipinski definition) is 3. The highest BCUT2D eigenvalue weighted by Gasteiger charge is 2.09. The molecule has 0 aromatic heterocycles. The van der Waals surface area contributed by atoms with E-state index in [-0.39, 0.29) is 5.91 Å². The van der Waals surface area contributed by atoms with Crippen LogP contribution in [0.4, 0.5) is 5.69 Å². The fourth-order valence-electron chi connectivity index (χ4n) is 2.25. The molecule has 3 aromatic rings. The molecule has 4 nitrogen and oxygen atoms in total. The van der Waals surface area contributed by atoms with Crippen LogP contribution in [0.1, 0.15) is 26.3 Å². The minimum Gasteiger partial charge on any atom is -0.423 e. The van der Waals surface area contributed by atoms with Crippen molar-refractivity contribution < 1.29 is 14.3 Å². The van der Waals surface area contributed by atoms with E-state index in [1.165, 1.54) is 0 Å². The Morgan fingerprint density at radius 2 is 1.40 bits per heavy atom. The number of aryl methyl sites for hydroxylation is 1. The molecule has 0 fully saturated rings. The van der Waals surface area contributed by atoms with Gasteiger partial charge in [-0.1, -0.05) is 35.9 Å². The van der Waals surface area contributed by atoms with Crippen molar-refractivity contribution in [3.05, 3.63) is 95.6 Å². The summed E-state index contributed by atoms with van der Waals surface area (Å²) >= 11 is 0. The van der Waals surface area contributed by atoms with E-state index in [9.17, 15) is 9.59 Å². The Morgan fingerprint density at radius 1 is 0.760 bits per heavy atom. The zero-order chi connectivity index (χ0) is 17.6.